The molecule has 0 aliphatic carbocycles. The Morgan fingerprint density at radius 1 is 1.20 bits per heavy atom. The van der Waals surface area contributed by atoms with Gasteiger partial charge in [0.05, 0.1) is 6.61 Å². The molecule has 0 radical (unpaired) electrons. The SMILES string of the molecule is CCNC(CCN(C)CCOCC)c1ccc(F)cc1. The molecule has 0 fully saturated rings. The largest absolute Gasteiger partial charge is 0.380 e. The highest BCUT2D eigenvalue weighted by Gasteiger charge is 2.11. The van der Waals surface area contributed by atoms with Crippen molar-refractivity contribution in [2.75, 3.05) is 39.9 Å². The van der Waals surface area contributed by atoms with E-state index in [1.54, 1.807) is 0 Å². The monoisotopic (exact) mass is 282 g/mol. The highest BCUT2D eigenvalue weighted by Crippen LogP contribution is 2.17. The van der Waals surface area contributed by atoms with Crippen molar-refractivity contribution in [3.63, 3.8) is 0 Å². The van der Waals surface area contributed by atoms with E-state index in [-0.39, 0.29) is 11.9 Å². The zero-order valence-corrected chi connectivity index (χ0v) is 12.9. The number of nitrogens with zero attached hydrogens (tertiary/aromatic N) is 1. The molecule has 1 atom stereocenters. The van der Waals surface area contributed by atoms with Crippen molar-refractivity contribution in [3.8, 4) is 0 Å². The molecule has 1 aromatic rings. The van der Waals surface area contributed by atoms with Gasteiger partial charge in [-0.15, -0.1) is 0 Å². The van der Waals surface area contributed by atoms with Gasteiger partial charge in [0, 0.05) is 19.2 Å². The van der Waals surface area contributed by atoms with Crippen LogP contribution in [0, 0.1) is 5.82 Å². The lowest BCUT2D eigenvalue weighted by molar-refractivity contribution is 0.121. The summed E-state index contributed by atoms with van der Waals surface area (Å²) >= 11 is 0. The van der Waals surface area contributed by atoms with E-state index < -0.39 is 0 Å². The third-order valence-electron chi connectivity index (χ3n) is 3.34. The molecule has 0 spiro atoms. The number of ether oxygens (including phenoxy) is 1. The predicted octanol–water partition coefficient (Wildman–Crippen LogP) is 2.83. The van der Waals surface area contributed by atoms with Gasteiger partial charge >= 0.3 is 0 Å². The molecule has 20 heavy (non-hydrogen) atoms. The summed E-state index contributed by atoms with van der Waals surface area (Å²) in [5.41, 5.74) is 1.14. The van der Waals surface area contributed by atoms with Crippen molar-refractivity contribution in [1.82, 2.24) is 10.2 Å². The summed E-state index contributed by atoms with van der Waals surface area (Å²) in [7, 11) is 2.10. The molecule has 0 aliphatic rings. The predicted molar refractivity (Wildman–Crippen MR) is 81.4 cm³/mol. The molecular weight excluding hydrogens is 255 g/mol. The van der Waals surface area contributed by atoms with Gasteiger partial charge in [-0.3, -0.25) is 0 Å². The second-order valence-electron chi connectivity index (χ2n) is 4.95. The van der Waals surface area contributed by atoms with Gasteiger partial charge in [-0.25, -0.2) is 4.39 Å². The summed E-state index contributed by atoms with van der Waals surface area (Å²) in [5, 5.41) is 3.46. The third kappa shape index (κ3) is 6.46. The average Bonchev–Trinajstić information content (AvgIpc) is 2.45. The first kappa shape index (κ1) is 17.1. The van der Waals surface area contributed by atoms with E-state index in [0.29, 0.717) is 0 Å². The number of halogens is 1. The third-order valence-corrected chi connectivity index (χ3v) is 3.34. The lowest BCUT2D eigenvalue weighted by Gasteiger charge is -2.22. The van der Waals surface area contributed by atoms with E-state index in [9.17, 15) is 4.39 Å². The molecule has 114 valence electrons. The molecule has 0 saturated heterocycles. The molecule has 1 unspecified atom stereocenters. The minimum absolute atomic E-state index is 0.183. The minimum atomic E-state index is -0.183. The zero-order chi connectivity index (χ0) is 14.8. The molecule has 0 heterocycles. The van der Waals surface area contributed by atoms with E-state index in [4.69, 9.17) is 4.74 Å². The Labute approximate surface area is 122 Å². The molecule has 0 aromatic heterocycles. The van der Waals surface area contributed by atoms with Gasteiger partial charge in [-0.1, -0.05) is 19.1 Å². The van der Waals surface area contributed by atoms with Gasteiger partial charge in [0.15, 0.2) is 0 Å². The van der Waals surface area contributed by atoms with Crippen molar-refractivity contribution in [3.05, 3.63) is 35.6 Å². The Balaban J connectivity index is 2.44. The fraction of sp³-hybridized carbons (Fsp3) is 0.625. The summed E-state index contributed by atoms with van der Waals surface area (Å²) in [6.07, 6.45) is 1.00. The molecule has 0 amide bonds. The zero-order valence-electron chi connectivity index (χ0n) is 12.9. The van der Waals surface area contributed by atoms with Crippen LogP contribution in [0.1, 0.15) is 31.9 Å². The summed E-state index contributed by atoms with van der Waals surface area (Å²) in [6.45, 7) is 8.48. The molecule has 3 nitrogen and oxygen atoms in total. The number of benzene rings is 1. The van der Waals surface area contributed by atoms with Gasteiger partial charge in [0.25, 0.3) is 0 Å². The number of hydrogen-bond acceptors (Lipinski definition) is 3. The molecule has 4 heteroatoms. The Hall–Kier alpha value is -0.970. The summed E-state index contributed by atoms with van der Waals surface area (Å²) in [4.78, 5) is 2.27. The van der Waals surface area contributed by atoms with E-state index in [2.05, 4.69) is 24.2 Å². The van der Waals surface area contributed by atoms with Crippen molar-refractivity contribution in [1.29, 1.82) is 0 Å². The topological polar surface area (TPSA) is 24.5 Å². The van der Waals surface area contributed by atoms with Crippen LogP contribution < -0.4 is 5.32 Å². The molecule has 0 aliphatic heterocycles. The second kappa shape index (κ2) is 9.86. The Kier molecular flexibility index (Phi) is 8.42. The van der Waals surface area contributed by atoms with Crippen molar-refractivity contribution in [2.24, 2.45) is 0 Å². The quantitative estimate of drug-likeness (QED) is 0.668. The number of hydrogen-bond donors (Lipinski definition) is 1. The van der Waals surface area contributed by atoms with Crippen molar-refractivity contribution < 1.29 is 9.13 Å². The number of nitrogens with one attached hydrogen (secondary N) is 1. The molecular formula is C16H27FN2O. The van der Waals surface area contributed by atoms with Gasteiger partial charge < -0.3 is 15.0 Å². The van der Waals surface area contributed by atoms with Crippen LogP contribution in [0.25, 0.3) is 0 Å². The first-order chi connectivity index (χ1) is 9.67. The van der Waals surface area contributed by atoms with Crippen LogP contribution in [-0.2, 0) is 4.74 Å². The van der Waals surface area contributed by atoms with Crippen LogP contribution >= 0.6 is 0 Å². The number of likely N-dealkylation sites (N-methyl/N-ethyl adjacent to an activating group) is 1. The number of rotatable bonds is 10. The Morgan fingerprint density at radius 3 is 2.50 bits per heavy atom. The molecule has 1 aromatic carbocycles. The fourth-order valence-corrected chi connectivity index (χ4v) is 2.15. The van der Waals surface area contributed by atoms with Gasteiger partial charge in [0.1, 0.15) is 5.82 Å². The normalized spacial score (nSPS) is 12.8. The van der Waals surface area contributed by atoms with Gasteiger partial charge in [-0.2, -0.15) is 0 Å². The molecule has 1 rings (SSSR count). The summed E-state index contributed by atoms with van der Waals surface area (Å²) < 4.78 is 18.3. The van der Waals surface area contributed by atoms with Crippen LogP contribution in [0.2, 0.25) is 0 Å². The van der Waals surface area contributed by atoms with Crippen LogP contribution in [0.15, 0.2) is 24.3 Å². The lowest BCUT2D eigenvalue weighted by Crippen LogP contribution is -2.29. The van der Waals surface area contributed by atoms with Crippen molar-refractivity contribution in [2.45, 2.75) is 26.3 Å². The minimum Gasteiger partial charge on any atom is -0.380 e. The first-order valence-electron chi connectivity index (χ1n) is 7.42. The maximum Gasteiger partial charge on any atom is 0.123 e. The molecule has 1 N–H and O–H groups in total. The average molecular weight is 282 g/mol. The van der Waals surface area contributed by atoms with Crippen LogP contribution in [0.5, 0.6) is 0 Å². The smallest absolute Gasteiger partial charge is 0.123 e. The highest BCUT2D eigenvalue weighted by atomic mass is 19.1. The maximum absolute atomic E-state index is 13.0. The summed E-state index contributed by atoms with van der Waals surface area (Å²) in [6, 6.07) is 7.05. The van der Waals surface area contributed by atoms with E-state index >= 15 is 0 Å². The maximum atomic E-state index is 13.0. The fourth-order valence-electron chi connectivity index (χ4n) is 2.15. The molecule has 0 saturated carbocycles. The van der Waals surface area contributed by atoms with Crippen LogP contribution in [0.3, 0.4) is 0 Å². The highest BCUT2D eigenvalue weighted by molar-refractivity contribution is 5.19. The van der Waals surface area contributed by atoms with Gasteiger partial charge in [0.2, 0.25) is 0 Å². The Bertz CT molecular complexity index is 356. The van der Waals surface area contributed by atoms with Crippen LogP contribution in [0.4, 0.5) is 4.39 Å². The van der Waals surface area contributed by atoms with Crippen molar-refractivity contribution >= 4 is 0 Å². The van der Waals surface area contributed by atoms with E-state index in [1.165, 1.54) is 12.1 Å². The first-order valence-corrected chi connectivity index (χ1v) is 7.42. The molecule has 0 bridgehead atoms. The second-order valence-corrected chi connectivity index (χ2v) is 4.95. The lowest BCUT2D eigenvalue weighted by atomic mass is 10.0. The standard InChI is InChI=1S/C16H27FN2O/c1-4-18-16(14-6-8-15(17)9-7-14)10-11-19(3)12-13-20-5-2/h6-9,16,18H,4-5,10-13H2,1-3H3. The van der Waals surface area contributed by atoms with E-state index in [1.807, 2.05) is 19.1 Å². The van der Waals surface area contributed by atoms with Gasteiger partial charge in [-0.05, 0) is 51.2 Å². The summed E-state index contributed by atoms with van der Waals surface area (Å²) in [5.74, 6) is -0.183. The Morgan fingerprint density at radius 2 is 1.90 bits per heavy atom. The van der Waals surface area contributed by atoms with E-state index in [0.717, 1.165) is 44.8 Å². The van der Waals surface area contributed by atoms with Crippen LogP contribution in [-0.4, -0.2) is 44.8 Å².